The summed E-state index contributed by atoms with van der Waals surface area (Å²) in [4.78, 5) is 0. The Morgan fingerprint density at radius 2 is 1.79 bits per heavy atom. The van der Waals surface area contributed by atoms with Gasteiger partial charge >= 0.3 is 0 Å². The van der Waals surface area contributed by atoms with Crippen molar-refractivity contribution in [2.24, 2.45) is 17.4 Å². The smallest absolute Gasteiger partial charge is 0.159 e. The van der Waals surface area contributed by atoms with Crippen LogP contribution in [0.2, 0.25) is 0 Å². The molecule has 3 rings (SSSR count). The summed E-state index contributed by atoms with van der Waals surface area (Å²) in [5, 5.41) is 0. The van der Waals surface area contributed by atoms with Gasteiger partial charge in [0.15, 0.2) is 11.6 Å². The van der Waals surface area contributed by atoms with Crippen LogP contribution in [-0.2, 0) is 0 Å². The van der Waals surface area contributed by atoms with E-state index in [-0.39, 0.29) is 17.5 Å². The minimum atomic E-state index is -0.785. The molecular weight excluding hydrogens is 246 g/mol. The van der Waals surface area contributed by atoms with E-state index >= 15 is 0 Å². The minimum Gasteiger partial charge on any atom is -0.328 e. The van der Waals surface area contributed by atoms with Crippen molar-refractivity contribution in [3.8, 4) is 0 Å². The molecule has 0 radical (unpaired) electrons. The van der Waals surface area contributed by atoms with Gasteiger partial charge in [-0.25, -0.2) is 8.78 Å². The molecule has 2 saturated carbocycles. The van der Waals surface area contributed by atoms with Gasteiger partial charge in [-0.2, -0.15) is 0 Å². The van der Waals surface area contributed by atoms with Gasteiger partial charge in [-0.1, -0.05) is 6.07 Å². The molecule has 0 spiro atoms. The van der Waals surface area contributed by atoms with Crippen molar-refractivity contribution in [1.82, 2.24) is 0 Å². The van der Waals surface area contributed by atoms with E-state index in [0.717, 1.165) is 37.7 Å². The summed E-state index contributed by atoms with van der Waals surface area (Å²) in [6, 6.07) is 4.48. The molecule has 1 aromatic rings. The van der Waals surface area contributed by atoms with Crippen molar-refractivity contribution in [3.05, 3.63) is 35.4 Å². The van der Waals surface area contributed by atoms with Gasteiger partial charge in [0.05, 0.1) is 0 Å². The predicted octanol–water partition coefficient (Wildman–Crippen LogP) is 2.67. The first kappa shape index (κ1) is 13.0. The molecule has 2 aliphatic carbocycles. The number of halogens is 2. The molecule has 19 heavy (non-hydrogen) atoms. The second-order valence-electron chi connectivity index (χ2n) is 6.19. The molecule has 2 aliphatic rings. The maximum absolute atomic E-state index is 13.3. The van der Waals surface area contributed by atoms with Gasteiger partial charge in [0.1, 0.15) is 0 Å². The Bertz CT molecular complexity index is 481. The highest BCUT2D eigenvalue weighted by atomic mass is 19.2. The van der Waals surface area contributed by atoms with Gasteiger partial charge in [0, 0.05) is 11.6 Å². The lowest BCUT2D eigenvalue weighted by Gasteiger charge is -2.36. The number of benzene rings is 1. The van der Waals surface area contributed by atoms with Gasteiger partial charge in [-0.3, -0.25) is 0 Å². The van der Waals surface area contributed by atoms with Gasteiger partial charge in [0.25, 0.3) is 0 Å². The molecule has 0 aromatic heterocycles. The topological polar surface area (TPSA) is 52.0 Å². The maximum Gasteiger partial charge on any atom is 0.159 e. The average Bonchev–Trinajstić information content (AvgIpc) is 3.17. The van der Waals surface area contributed by atoms with Gasteiger partial charge < -0.3 is 11.5 Å². The Hall–Kier alpha value is -1.00. The molecule has 1 aromatic carbocycles. The van der Waals surface area contributed by atoms with Crippen LogP contribution in [0.3, 0.4) is 0 Å². The Morgan fingerprint density at radius 1 is 1.11 bits per heavy atom. The third kappa shape index (κ3) is 2.39. The molecule has 4 heteroatoms. The van der Waals surface area contributed by atoms with Gasteiger partial charge in [-0.05, 0) is 61.6 Å². The summed E-state index contributed by atoms with van der Waals surface area (Å²) >= 11 is 0. The monoisotopic (exact) mass is 266 g/mol. The van der Waals surface area contributed by atoms with Crippen LogP contribution in [0.4, 0.5) is 8.78 Å². The molecule has 0 unspecified atom stereocenters. The molecule has 2 atom stereocenters. The van der Waals surface area contributed by atoms with Crippen LogP contribution in [0.1, 0.15) is 43.6 Å². The van der Waals surface area contributed by atoms with Crippen molar-refractivity contribution in [1.29, 1.82) is 0 Å². The van der Waals surface area contributed by atoms with Gasteiger partial charge in [-0.15, -0.1) is 0 Å². The third-order valence-electron chi connectivity index (χ3n) is 4.86. The van der Waals surface area contributed by atoms with Gasteiger partial charge in [0.2, 0.25) is 0 Å². The largest absolute Gasteiger partial charge is 0.328 e. The lowest BCUT2D eigenvalue weighted by Crippen LogP contribution is -2.48. The second-order valence-corrected chi connectivity index (χ2v) is 6.19. The fraction of sp³-hybridized carbons (Fsp3) is 0.600. The average molecular weight is 266 g/mol. The van der Waals surface area contributed by atoms with E-state index in [1.54, 1.807) is 6.07 Å². The van der Waals surface area contributed by atoms with E-state index in [9.17, 15) is 8.78 Å². The van der Waals surface area contributed by atoms with Crippen molar-refractivity contribution in [2.75, 3.05) is 0 Å². The van der Waals surface area contributed by atoms with E-state index < -0.39 is 11.6 Å². The molecular formula is C15H20F2N2. The molecule has 2 fully saturated rings. The van der Waals surface area contributed by atoms with E-state index in [1.807, 2.05) is 0 Å². The summed E-state index contributed by atoms with van der Waals surface area (Å²) in [5.74, 6) is -0.869. The first-order chi connectivity index (χ1) is 8.99. The first-order valence-electron chi connectivity index (χ1n) is 6.99. The van der Waals surface area contributed by atoms with Crippen molar-refractivity contribution >= 4 is 0 Å². The number of hydrogen-bond acceptors (Lipinski definition) is 2. The summed E-state index contributed by atoms with van der Waals surface area (Å²) < 4.78 is 26.2. The van der Waals surface area contributed by atoms with Crippen LogP contribution in [0.25, 0.3) is 0 Å². The molecule has 0 saturated heterocycles. The maximum atomic E-state index is 13.3. The zero-order valence-corrected chi connectivity index (χ0v) is 10.9. The van der Waals surface area contributed by atoms with Crippen molar-refractivity contribution in [3.63, 3.8) is 0 Å². The Balaban J connectivity index is 1.72. The van der Waals surface area contributed by atoms with Crippen LogP contribution in [0, 0.1) is 17.6 Å². The highest BCUT2D eigenvalue weighted by Crippen LogP contribution is 2.56. The van der Waals surface area contributed by atoms with Crippen molar-refractivity contribution in [2.45, 2.75) is 49.6 Å². The predicted molar refractivity (Wildman–Crippen MR) is 70.6 cm³/mol. The lowest BCUT2D eigenvalue weighted by atomic mass is 9.76. The number of nitrogens with two attached hydrogens (primary N) is 2. The second kappa shape index (κ2) is 4.53. The molecule has 0 amide bonds. The molecule has 0 heterocycles. The lowest BCUT2D eigenvalue weighted by molar-refractivity contribution is 0.239. The van der Waals surface area contributed by atoms with Crippen LogP contribution in [0.5, 0.6) is 0 Å². The first-order valence-corrected chi connectivity index (χ1v) is 6.99. The fourth-order valence-corrected chi connectivity index (χ4v) is 3.49. The Kier molecular flexibility index (Phi) is 3.10. The minimum absolute atomic E-state index is 0.161. The zero-order chi connectivity index (χ0) is 13.6. The van der Waals surface area contributed by atoms with E-state index in [0.29, 0.717) is 5.92 Å². The molecule has 4 N–H and O–H groups in total. The normalized spacial score (nSPS) is 38.2. The third-order valence-corrected chi connectivity index (χ3v) is 4.86. The quantitative estimate of drug-likeness (QED) is 0.864. The zero-order valence-electron chi connectivity index (χ0n) is 10.9. The van der Waals surface area contributed by atoms with E-state index in [4.69, 9.17) is 11.5 Å². The molecule has 0 aliphatic heterocycles. The van der Waals surface area contributed by atoms with Crippen molar-refractivity contribution < 1.29 is 8.78 Å². The fourth-order valence-electron chi connectivity index (χ4n) is 3.49. The standard InChI is InChI=1S/C15H20F2N2/c16-13-2-1-9(7-14(13)17)11-8-12(11)15(19)5-3-10(18)4-6-15/h1-2,7,10-12H,3-6,8,18-19H2/t10?,11-,12-,15?/m1/s1. The molecule has 104 valence electrons. The summed E-state index contributed by atoms with van der Waals surface area (Å²) in [6.07, 6.45) is 4.81. The highest BCUT2D eigenvalue weighted by Gasteiger charge is 2.51. The highest BCUT2D eigenvalue weighted by molar-refractivity contribution is 5.29. The van der Waals surface area contributed by atoms with Crippen LogP contribution < -0.4 is 11.5 Å². The van der Waals surface area contributed by atoms with Crippen LogP contribution in [0.15, 0.2) is 18.2 Å². The number of rotatable bonds is 2. The van der Waals surface area contributed by atoms with Crippen LogP contribution in [-0.4, -0.2) is 11.6 Å². The molecule has 0 bridgehead atoms. The summed E-state index contributed by atoms with van der Waals surface area (Å²) in [5.41, 5.74) is 13.1. The van der Waals surface area contributed by atoms with E-state index in [1.165, 1.54) is 12.1 Å². The summed E-state index contributed by atoms with van der Waals surface area (Å²) in [7, 11) is 0. The SMILES string of the molecule is NC1CCC(N)([C@@H]2C[C@@H]2c2ccc(F)c(F)c2)CC1. The number of hydrogen-bond donors (Lipinski definition) is 2. The Morgan fingerprint density at radius 3 is 2.42 bits per heavy atom. The Labute approximate surface area is 112 Å². The van der Waals surface area contributed by atoms with Crippen LogP contribution >= 0.6 is 0 Å². The molecule has 2 nitrogen and oxygen atoms in total. The summed E-state index contributed by atoms with van der Waals surface area (Å²) in [6.45, 7) is 0. The van der Waals surface area contributed by atoms with E-state index in [2.05, 4.69) is 0 Å².